The molecule has 3 aromatic rings. The summed E-state index contributed by atoms with van der Waals surface area (Å²) in [6.45, 7) is 6.98. The number of nitrogens with zero attached hydrogens (tertiary/aromatic N) is 3. The van der Waals surface area contributed by atoms with E-state index < -0.39 is 10.0 Å². The van der Waals surface area contributed by atoms with Gasteiger partial charge >= 0.3 is 0 Å². The van der Waals surface area contributed by atoms with Crippen LogP contribution in [0.25, 0.3) is 21.7 Å². The molecule has 1 amide bonds. The van der Waals surface area contributed by atoms with Crippen LogP contribution in [0.3, 0.4) is 0 Å². The Morgan fingerprint density at radius 3 is 2.35 bits per heavy atom. The molecule has 0 spiro atoms. The number of sulfonamides is 1. The molecule has 0 radical (unpaired) electrons. The number of rotatable bonds is 7. The quantitative estimate of drug-likeness (QED) is 0.539. The van der Waals surface area contributed by atoms with Gasteiger partial charge in [0.2, 0.25) is 10.0 Å². The van der Waals surface area contributed by atoms with Crippen LogP contribution >= 0.6 is 11.3 Å². The van der Waals surface area contributed by atoms with Crippen LogP contribution < -0.4 is 5.32 Å². The first-order valence-electron chi connectivity index (χ1n) is 11.3. The number of amides is 1. The van der Waals surface area contributed by atoms with Crippen molar-refractivity contribution in [1.82, 2.24) is 19.5 Å². The van der Waals surface area contributed by atoms with Crippen molar-refractivity contribution in [3.63, 3.8) is 0 Å². The number of hydrogen-bond acceptors (Lipinski definition) is 6. The molecular formula is C25H30N4O3S2. The summed E-state index contributed by atoms with van der Waals surface area (Å²) in [6.07, 6.45) is 3.01. The maximum absolute atomic E-state index is 13.2. The third kappa shape index (κ3) is 6.09. The summed E-state index contributed by atoms with van der Waals surface area (Å²) in [5.41, 5.74) is 4.72. The van der Waals surface area contributed by atoms with E-state index in [2.05, 4.69) is 52.5 Å². The van der Waals surface area contributed by atoms with Crippen LogP contribution in [0.15, 0.2) is 54.0 Å². The Hall–Kier alpha value is -2.59. The lowest BCUT2D eigenvalue weighted by molar-refractivity contribution is 0.0922. The molecule has 0 aliphatic carbocycles. The molecule has 34 heavy (non-hydrogen) atoms. The average molecular weight is 499 g/mol. The maximum Gasteiger partial charge on any atom is 0.251 e. The summed E-state index contributed by atoms with van der Waals surface area (Å²) in [5, 5.41) is 5.92. The lowest BCUT2D eigenvalue weighted by atomic mass is 9.98. The van der Waals surface area contributed by atoms with E-state index in [4.69, 9.17) is 0 Å². The summed E-state index contributed by atoms with van der Waals surface area (Å²) in [5.74, 6) is -0.131. The standard InChI is InChI=1S/C25H30N4O3S2/c1-18-4-6-20(7-5-18)21-14-22(16-23(15-21)25-26-8-13-33-25)24(30)27-19(2)17-28-9-11-29(12-10-28)34(3,31)32/h4-8,13-16,19H,9-12,17H2,1-3H3,(H,27,30). The van der Waals surface area contributed by atoms with E-state index in [0.29, 0.717) is 38.3 Å². The fourth-order valence-electron chi connectivity index (χ4n) is 4.14. The Morgan fingerprint density at radius 1 is 1.06 bits per heavy atom. The van der Waals surface area contributed by atoms with Crippen molar-refractivity contribution in [2.75, 3.05) is 39.0 Å². The average Bonchev–Trinajstić information content (AvgIpc) is 3.34. The lowest BCUT2D eigenvalue weighted by Crippen LogP contribution is -2.51. The van der Waals surface area contributed by atoms with Gasteiger partial charge < -0.3 is 5.32 Å². The molecule has 1 fully saturated rings. The molecule has 1 aliphatic heterocycles. The van der Waals surface area contributed by atoms with Crippen molar-refractivity contribution < 1.29 is 13.2 Å². The summed E-state index contributed by atoms with van der Waals surface area (Å²) in [6, 6.07) is 14.1. The third-order valence-electron chi connectivity index (χ3n) is 5.97. The van der Waals surface area contributed by atoms with Crippen LogP contribution in [0.5, 0.6) is 0 Å². The second kappa shape index (κ2) is 10.4. The fourth-order valence-corrected chi connectivity index (χ4v) is 5.60. The first kappa shape index (κ1) is 24.5. The second-order valence-electron chi connectivity index (χ2n) is 8.84. The number of thiazole rings is 1. The van der Waals surface area contributed by atoms with Gasteiger partial charge in [-0.1, -0.05) is 29.8 Å². The normalized spacial score (nSPS) is 16.3. The van der Waals surface area contributed by atoms with Gasteiger partial charge in [0.05, 0.1) is 6.26 Å². The van der Waals surface area contributed by atoms with E-state index in [0.717, 1.165) is 21.7 Å². The van der Waals surface area contributed by atoms with Gasteiger partial charge in [0.25, 0.3) is 5.91 Å². The molecule has 9 heteroatoms. The number of aromatic nitrogens is 1. The number of hydrogen-bond donors (Lipinski definition) is 1. The molecule has 2 heterocycles. The second-order valence-corrected chi connectivity index (χ2v) is 11.7. The fraction of sp³-hybridized carbons (Fsp3) is 0.360. The molecule has 1 unspecified atom stereocenters. The number of carbonyl (C=O) groups excluding carboxylic acids is 1. The molecule has 0 bridgehead atoms. The smallest absolute Gasteiger partial charge is 0.251 e. The van der Waals surface area contributed by atoms with Crippen LogP contribution in [-0.2, 0) is 10.0 Å². The molecule has 7 nitrogen and oxygen atoms in total. The van der Waals surface area contributed by atoms with Crippen LogP contribution in [0.1, 0.15) is 22.8 Å². The van der Waals surface area contributed by atoms with E-state index in [1.54, 1.807) is 17.5 Å². The molecule has 1 aromatic heterocycles. The highest BCUT2D eigenvalue weighted by molar-refractivity contribution is 7.88. The van der Waals surface area contributed by atoms with E-state index in [9.17, 15) is 13.2 Å². The highest BCUT2D eigenvalue weighted by Gasteiger charge is 2.24. The van der Waals surface area contributed by atoms with E-state index in [1.807, 2.05) is 24.4 Å². The number of benzene rings is 2. The van der Waals surface area contributed by atoms with Gasteiger partial charge in [-0.25, -0.2) is 13.4 Å². The van der Waals surface area contributed by atoms with Crippen molar-refractivity contribution in [3.8, 4) is 21.7 Å². The molecule has 1 aliphatic rings. The van der Waals surface area contributed by atoms with Crippen molar-refractivity contribution >= 4 is 27.3 Å². The van der Waals surface area contributed by atoms with Crippen LogP contribution in [-0.4, -0.2) is 73.5 Å². The predicted octanol–water partition coefficient (Wildman–Crippen LogP) is 3.48. The third-order valence-corrected chi connectivity index (χ3v) is 8.09. The summed E-state index contributed by atoms with van der Waals surface area (Å²) in [7, 11) is -3.15. The molecule has 2 aromatic carbocycles. The number of nitrogens with one attached hydrogen (secondary N) is 1. The molecule has 0 saturated carbocycles. The van der Waals surface area contributed by atoms with E-state index in [-0.39, 0.29) is 11.9 Å². The molecular weight excluding hydrogens is 468 g/mol. The Morgan fingerprint density at radius 2 is 1.74 bits per heavy atom. The summed E-state index contributed by atoms with van der Waals surface area (Å²) >= 11 is 1.55. The monoisotopic (exact) mass is 498 g/mol. The Bertz CT molecular complexity index is 1230. The van der Waals surface area contributed by atoms with Gasteiger partial charge in [0.15, 0.2) is 0 Å². The topological polar surface area (TPSA) is 82.6 Å². The van der Waals surface area contributed by atoms with E-state index in [1.165, 1.54) is 16.1 Å². The zero-order valence-corrected chi connectivity index (χ0v) is 21.3. The van der Waals surface area contributed by atoms with Gasteiger partial charge in [-0.15, -0.1) is 11.3 Å². The number of carbonyl (C=O) groups is 1. The first-order valence-corrected chi connectivity index (χ1v) is 14.0. The summed E-state index contributed by atoms with van der Waals surface area (Å²) < 4.78 is 25.0. The van der Waals surface area contributed by atoms with Gasteiger partial charge in [0, 0.05) is 61.5 Å². The minimum atomic E-state index is -3.15. The molecule has 4 rings (SSSR count). The molecule has 1 N–H and O–H groups in total. The van der Waals surface area contributed by atoms with Gasteiger partial charge in [-0.2, -0.15) is 4.31 Å². The minimum absolute atomic E-state index is 0.0800. The molecule has 1 atom stereocenters. The lowest BCUT2D eigenvalue weighted by Gasteiger charge is -2.34. The first-order chi connectivity index (χ1) is 16.2. The largest absolute Gasteiger partial charge is 0.348 e. The minimum Gasteiger partial charge on any atom is -0.348 e. The zero-order chi connectivity index (χ0) is 24.3. The molecule has 180 valence electrons. The van der Waals surface area contributed by atoms with Gasteiger partial charge in [-0.3, -0.25) is 9.69 Å². The van der Waals surface area contributed by atoms with Crippen molar-refractivity contribution in [3.05, 3.63) is 65.2 Å². The maximum atomic E-state index is 13.2. The zero-order valence-electron chi connectivity index (χ0n) is 19.7. The molecule has 1 saturated heterocycles. The Kier molecular flexibility index (Phi) is 7.47. The van der Waals surface area contributed by atoms with Crippen LogP contribution in [0.2, 0.25) is 0 Å². The highest BCUT2D eigenvalue weighted by Crippen LogP contribution is 2.29. The SMILES string of the molecule is Cc1ccc(-c2cc(C(=O)NC(C)CN3CCN(S(C)(=O)=O)CC3)cc(-c3nccs3)c2)cc1. The van der Waals surface area contributed by atoms with Crippen molar-refractivity contribution in [2.24, 2.45) is 0 Å². The van der Waals surface area contributed by atoms with Crippen molar-refractivity contribution in [1.29, 1.82) is 0 Å². The van der Waals surface area contributed by atoms with Crippen LogP contribution in [0, 0.1) is 6.92 Å². The van der Waals surface area contributed by atoms with Gasteiger partial charge in [0.1, 0.15) is 5.01 Å². The summed E-state index contributed by atoms with van der Waals surface area (Å²) in [4.78, 5) is 19.8. The number of piperazine rings is 1. The Balaban J connectivity index is 1.48. The predicted molar refractivity (Wildman–Crippen MR) is 138 cm³/mol. The number of aryl methyl sites for hydroxylation is 1. The van der Waals surface area contributed by atoms with Gasteiger partial charge in [-0.05, 0) is 43.2 Å². The Labute approximate surface area is 205 Å². The van der Waals surface area contributed by atoms with E-state index >= 15 is 0 Å². The van der Waals surface area contributed by atoms with Crippen molar-refractivity contribution in [2.45, 2.75) is 19.9 Å². The van der Waals surface area contributed by atoms with Crippen LogP contribution in [0.4, 0.5) is 0 Å². The highest BCUT2D eigenvalue weighted by atomic mass is 32.2.